The minimum atomic E-state index is 0.000772. The summed E-state index contributed by atoms with van der Waals surface area (Å²) >= 11 is 4.36. The summed E-state index contributed by atoms with van der Waals surface area (Å²) in [5.41, 5.74) is 0. The van der Waals surface area contributed by atoms with Gasteiger partial charge in [0, 0.05) is 0 Å². The summed E-state index contributed by atoms with van der Waals surface area (Å²) in [7, 11) is 0. The molecule has 0 spiro atoms. The summed E-state index contributed by atoms with van der Waals surface area (Å²) in [5, 5.41) is 0.373. The molecule has 0 bridgehead atoms. The fourth-order valence-electron chi connectivity index (χ4n) is 1.99. The molecule has 0 saturated carbocycles. The predicted molar refractivity (Wildman–Crippen MR) is 55.9 cm³/mol. The number of hydrogen-bond acceptors (Lipinski definition) is 3. The Hall–Kier alpha value is -0.180. The summed E-state index contributed by atoms with van der Waals surface area (Å²) in [6.07, 6.45) is 2.96. The third-order valence-corrected chi connectivity index (χ3v) is 2.92. The van der Waals surface area contributed by atoms with Crippen molar-refractivity contribution in [2.45, 2.75) is 38.4 Å². The summed E-state index contributed by atoms with van der Waals surface area (Å²) < 4.78 is 4.97. The number of carbonyl (C=O) groups excluding carboxylic acids is 1. The Morgan fingerprint density at radius 3 is 2.77 bits per heavy atom. The molecule has 1 fully saturated rings. The molecule has 0 radical (unpaired) electrons. The first-order chi connectivity index (χ1) is 6.15. The average molecular weight is 202 g/mol. The average Bonchev–Trinajstić information content (AvgIpc) is 2.47. The van der Waals surface area contributed by atoms with Crippen LogP contribution in [-0.4, -0.2) is 17.8 Å². The minimum Gasteiger partial charge on any atom is -0.465 e. The van der Waals surface area contributed by atoms with Crippen molar-refractivity contribution < 1.29 is 9.53 Å². The zero-order valence-electron chi connectivity index (χ0n) is 8.32. The van der Waals surface area contributed by atoms with Crippen molar-refractivity contribution in [1.29, 1.82) is 0 Å². The van der Waals surface area contributed by atoms with Crippen molar-refractivity contribution in [3.63, 3.8) is 0 Å². The minimum absolute atomic E-state index is 0.000772. The van der Waals surface area contributed by atoms with Gasteiger partial charge in [-0.3, -0.25) is 4.79 Å². The number of esters is 1. The highest BCUT2D eigenvalue weighted by atomic mass is 32.1. The van der Waals surface area contributed by atoms with Gasteiger partial charge in [-0.15, -0.1) is 0 Å². The van der Waals surface area contributed by atoms with Crippen molar-refractivity contribution in [3.05, 3.63) is 0 Å². The Morgan fingerprint density at radius 2 is 2.38 bits per heavy atom. The maximum absolute atomic E-state index is 11.3. The SMILES string of the molecule is CCC(CC(C)S)C1CCOC1=O. The molecule has 1 rings (SSSR count). The molecule has 0 aromatic carbocycles. The van der Waals surface area contributed by atoms with Crippen LogP contribution in [0.15, 0.2) is 0 Å². The van der Waals surface area contributed by atoms with Gasteiger partial charge >= 0.3 is 5.97 Å². The number of thiol groups is 1. The monoisotopic (exact) mass is 202 g/mol. The van der Waals surface area contributed by atoms with Crippen molar-refractivity contribution in [2.75, 3.05) is 6.61 Å². The van der Waals surface area contributed by atoms with E-state index in [2.05, 4.69) is 26.5 Å². The van der Waals surface area contributed by atoms with Gasteiger partial charge < -0.3 is 4.74 Å². The Kier molecular flexibility index (Phi) is 4.10. The fraction of sp³-hybridized carbons (Fsp3) is 0.900. The van der Waals surface area contributed by atoms with Crippen molar-refractivity contribution in [3.8, 4) is 0 Å². The van der Waals surface area contributed by atoms with Gasteiger partial charge in [0.25, 0.3) is 0 Å². The molecular weight excluding hydrogens is 184 g/mol. The van der Waals surface area contributed by atoms with Crippen LogP contribution in [0.25, 0.3) is 0 Å². The predicted octanol–water partition coefficient (Wildman–Crippen LogP) is 2.28. The molecule has 0 aromatic heterocycles. The number of ether oxygens (including phenoxy) is 1. The van der Waals surface area contributed by atoms with E-state index in [1.807, 2.05) is 0 Å². The van der Waals surface area contributed by atoms with Gasteiger partial charge in [0.15, 0.2) is 0 Å². The number of cyclic esters (lactones) is 1. The van der Waals surface area contributed by atoms with Gasteiger partial charge in [-0.2, -0.15) is 12.6 Å². The van der Waals surface area contributed by atoms with Crippen LogP contribution < -0.4 is 0 Å². The molecule has 3 unspecified atom stereocenters. The Morgan fingerprint density at radius 1 is 1.69 bits per heavy atom. The zero-order valence-corrected chi connectivity index (χ0v) is 9.22. The van der Waals surface area contributed by atoms with Crippen molar-refractivity contribution >= 4 is 18.6 Å². The van der Waals surface area contributed by atoms with E-state index in [-0.39, 0.29) is 11.9 Å². The van der Waals surface area contributed by atoms with Crippen LogP contribution in [0.2, 0.25) is 0 Å². The van der Waals surface area contributed by atoms with E-state index in [0.29, 0.717) is 17.8 Å². The quantitative estimate of drug-likeness (QED) is 0.559. The Bertz CT molecular complexity index is 180. The molecular formula is C10H18O2S. The maximum atomic E-state index is 11.3. The molecule has 3 atom stereocenters. The molecule has 13 heavy (non-hydrogen) atoms. The lowest BCUT2D eigenvalue weighted by atomic mass is 9.85. The van der Waals surface area contributed by atoms with Crippen LogP contribution in [0, 0.1) is 11.8 Å². The first-order valence-electron chi connectivity index (χ1n) is 4.99. The van der Waals surface area contributed by atoms with Crippen molar-refractivity contribution in [2.24, 2.45) is 11.8 Å². The van der Waals surface area contributed by atoms with Crippen LogP contribution in [0.4, 0.5) is 0 Å². The van der Waals surface area contributed by atoms with E-state index in [0.717, 1.165) is 19.3 Å². The van der Waals surface area contributed by atoms with Gasteiger partial charge in [-0.25, -0.2) is 0 Å². The van der Waals surface area contributed by atoms with Crippen LogP contribution in [0.1, 0.15) is 33.1 Å². The van der Waals surface area contributed by atoms with E-state index in [9.17, 15) is 4.79 Å². The Labute approximate surface area is 85.4 Å². The maximum Gasteiger partial charge on any atom is 0.309 e. The van der Waals surface area contributed by atoms with Gasteiger partial charge in [0.2, 0.25) is 0 Å². The molecule has 1 aliphatic heterocycles. The first kappa shape index (κ1) is 10.9. The molecule has 0 N–H and O–H groups in total. The van der Waals surface area contributed by atoms with Crippen LogP contribution >= 0.6 is 12.6 Å². The standard InChI is InChI=1S/C10H18O2S/c1-3-8(6-7(2)13)9-4-5-12-10(9)11/h7-9,13H,3-6H2,1-2H3. The third kappa shape index (κ3) is 2.90. The van der Waals surface area contributed by atoms with Crippen LogP contribution in [0.5, 0.6) is 0 Å². The molecule has 1 aliphatic rings. The van der Waals surface area contributed by atoms with Gasteiger partial charge in [-0.05, 0) is 24.0 Å². The lowest BCUT2D eigenvalue weighted by molar-refractivity contribution is -0.142. The highest BCUT2D eigenvalue weighted by molar-refractivity contribution is 7.80. The summed E-state index contributed by atoms with van der Waals surface area (Å²) in [6, 6.07) is 0. The summed E-state index contributed by atoms with van der Waals surface area (Å²) in [6.45, 7) is 4.82. The van der Waals surface area contributed by atoms with Gasteiger partial charge in [0.05, 0.1) is 12.5 Å². The van der Waals surface area contributed by atoms with Crippen LogP contribution in [-0.2, 0) is 9.53 Å². The second-order valence-corrected chi connectivity index (χ2v) is 4.70. The molecule has 2 nitrogen and oxygen atoms in total. The van der Waals surface area contributed by atoms with E-state index in [4.69, 9.17) is 4.74 Å². The molecule has 0 aliphatic carbocycles. The number of carbonyl (C=O) groups is 1. The molecule has 0 aromatic rings. The zero-order chi connectivity index (χ0) is 9.84. The molecule has 3 heteroatoms. The second kappa shape index (κ2) is 4.89. The topological polar surface area (TPSA) is 26.3 Å². The molecule has 0 amide bonds. The van der Waals surface area contributed by atoms with E-state index in [1.165, 1.54) is 0 Å². The highest BCUT2D eigenvalue weighted by Crippen LogP contribution is 2.30. The fourth-order valence-corrected chi connectivity index (χ4v) is 2.26. The highest BCUT2D eigenvalue weighted by Gasteiger charge is 2.33. The Balaban J connectivity index is 2.49. The molecule has 1 saturated heterocycles. The normalized spacial score (nSPS) is 27.0. The first-order valence-corrected chi connectivity index (χ1v) is 5.51. The molecule has 76 valence electrons. The molecule has 1 heterocycles. The van der Waals surface area contributed by atoms with E-state index in [1.54, 1.807) is 0 Å². The largest absolute Gasteiger partial charge is 0.465 e. The van der Waals surface area contributed by atoms with Gasteiger partial charge in [0.1, 0.15) is 0 Å². The number of hydrogen-bond donors (Lipinski definition) is 1. The number of rotatable bonds is 4. The summed E-state index contributed by atoms with van der Waals surface area (Å²) in [4.78, 5) is 11.3. The van der Waals surface area contributed by atoms with Crippen LogP contribution in [0.3, 0.4) is 0 Å². The second-order valence-electron chi connectivity index (χ2n) is 3.82. The lowest BCUT2D eigenvalue weighted by Gasteiger charge is -2.20. The van der Waals surface area contributed by atoms with E-state index < -0.39 is 0 Å². The smallest absolute Gasteiger partial charge is 0.309 e. The third-order valence-electron chi connectivity index (χ3n) is 2.71. The lowest BCUT2D eigenvalue weighted by Crippen LogP contribution is -2.21. The van der Waals surface area contributed by atoms with E-state index >= 15 is 0 Å². The van der Waals surface area contributed by atoms with Gasteiger partial charge in [-0.1, -0.05) is 20.3 Å². The summed E-state index contributed by atoms with van der Waals surface area (Å²) in [5.74, 6) is 0.600. The van der Waals surface area contributed by atoms with Crippen molar-refractivity contribution in [1.82, 2.24) is 0 Å².